The van der Waals surface area contributed by atoms with Gasteiger partial charge < -0.3 is 10.6 Å². The van der Waals surface area contributed by atoms with Crippen LogP contribution in [-0.4, -0.2) is 52.1 Å². The third kappa shape index (κ3) is 3.65. The maximum absolute atomic E-state index is 12.5. The van der Waals surface area contributed by atoms with E-state index in [1.165, 1.54) is 22.1 Å². The lowest BCUT2D eigenvalue weighted by molar-refractivity contribution is -0.150. The number of hydrogen-bond donors (Lipinski definition) is 1. The van der Waals surface area contributed by atoms with Crippen molar-refractivity contribution in [3.05, 3.63) is 59.8 Å². The lowest BCUT2D eigenvalue weighted by atomic mass is 10.1. The minimum absolute atomic E-state index is 0.0823. The Hall–Kier alpha value is -3.22. The van der Waals surface area contributed by atoms with Crippen molar-refractivity contribution < 1.29 is 14.4 Å². The molecule has 7 nitrogen and oxygen atoms in total. The molecule has 0 spiro atoms. The third-order valence-electron chi connectivity index (χ3n) is 4.08. The number of aromatic nitrogens is 1. The van der Waals surface area contributed by atoms with Crippen LogP contribution in [0.1, 0.15) is 15.9 Å². The van der Waals surface area contributed by atoms with E-state index < -0.39 is 5.91 Å². The number of carbonyl (C=O) groups excluding carboxylic acids is 3. The summed E-state index contributed by atoms with van der Waals surface area (Å²) in [6, 6.07) is 12.7. The summed E-state index contributed by atoms with van der Waals surface area (Å²) < 4.78 is 0. The topological polar surface area (TPSA) is 96.6 Å². The summed E-state index contributed by atoms with van der Waals surface area (Å²) in [7, 11) is 0. The highest BCUT2D eigenvalue weighted by Crippen LogP contribution is 2.14. The molecule has 25 heavy (non-hydrogen) atoms. The van der Waals surface area contributed by atoms with E-state index in [2.05, 4.69) is 4.98 Å². The average molecular weight is 338 g/mol. The fourth-order valence-corrected chi connectivity index (χ4v) is 2.74. The highest BCUT2D eigenvalue weighted by molar-refractivity contribution is 6.07. The van der Waals surface area contributed by atoms with Crippen LogP contribution in [0.4, 0.5) is 5.82 Å². The van der Waals surface area contributed by atoms with Crippen LogP contribution in [0.25, 0.3) is 0 Å². The van der Waals surface area contributed by atoms with Crippen LogP contribution in [0, 0.1) is 0 Å². The fraction of sp³-hybridized carbons (Fsp3) is 0.222. The Labute approximate surface area is 145 Å². The molecule has 3 rings (SSSR count). The van der Waals surface area contributed by atoms with Gasteiger partial charge in [0, 0.05) is 12.7 Å². The Morgan fingerprint density at radius 2 is 1.72 bits per heavy atom. The SMILES string of the molecule is Nc1ncccc1C(=O)N1CC(=O)N(CCc2ccccc2)C(=O)C1. The van der Waals surface area contributed by atoms with Gasteiger partial charge in [0.05, 0.1) is 5.56 Å². The number of nitrogens with zero attached hydrogens (tertiary/aromatic N) is 3. The molecule has 1 aromatic heterocycles. The van der Waals surface area contributed by atoms with Gasteiger partial charge in [-0.15, -0.1) is 0 Å². The first-order chi connectivity index (χ1) is 12.1. The lowest BCUT2D eigenvalue weighted by Gasteiger charge is -2.32. The summed E-state index contributed by atoms with van der Waals surface area (Å²) in [5.74, 6) is -1.15. The van der Waals surface area contributed by atoms with E-state index in [4.69, 9.17) is 5.73 Å². The van der Waals surface area contributed by atoms with Crippen LogP contribution < -0.4 is 5.73 Å². The number of anilines is 1. The molecule has 0 aliphatic carbocycles. The molecule has 1 aliphatic rings. The van der Waals surface area contributed by atoms with Gasteiger partial charge in [-0.05, 0) is 24.1 Å². The number of amides is 3. The molecule has 2 heterocycles. The molecule has 0 unspecified atom stereocenters. The van der Waals surface area contributed by atoms with Gasteiger partial charge in [-0.25, -0.2) is 4.98 Å². The predicted molar refractivity (Wildman–Crippen MR) is 91.4 cm³/mol. The first-order valence-corrected chi connectivity index (χ1v) is 7.93. The summed E-state index contributed by atoms with van der Waals surface area (Å²) in [5, 5.41) is 0. The molecule has 1 fully saturated rings. The molecule has 0 radical (unpaired) electrons. The molecular formula is C18H18N4O3. The standard InChI is InChI=1S/C18H18N4O3/c19-17-14(7-4-9-20-17)18(25)21-11-15(23)22(16(24)12-21)10-8-13-5-2-1-3-6-13/h1-7,9H,8,10-12H2,(H2,19,20). The van der Waals surface area contributed by atoms with Crippen molar-refractivity contribution in [1.29, 1.82) is 0 Å². The van der Waals surface area contributed by atoms with Gasteiger partial charge in [-0.3, -0.25) is 19.3 Å². The second-order valence-corrected chi connectivity index (χ2v) is 5.77. The predicted octanol–water partition coefficient (Wildman–Crippen LogP) is 0.717. The number of imide groups is 1. The number of nitrogen functional groups attached to an aromatic ring is 1. The Kier molecular flexibility index (Phi) is 4.74. The Bertz CT molecular complexity index is 789. The number of hydrogen-bond acceptors (Lipinski definition) is 5. The monoisotopic (exact) mass is 338 g/mol. The van der Waals surface area contributed by atoms with Gasteiger partial charge in [0.15, 0.2) is 0 Å². The zero-order valence-electron chi connectivity index (χ0n) is 13.6. The van der Waals surface area contributed by atoms with E-state index in [1.54, 1.807) is 6.07 Å². The maximum Gasteiger partial charge on any atom is 0.258 e. The van der Waals surface area contributed by atoms with Crippen LogP contribution in [-0.2, 0) is 16.0 Å². The van der Waals surface area contributed by atoms with Crippen LogP contribution in [0.3, 0.4) is 0 Å². The average Bonchev–Trinajstić information content (AvgIpc) is 2.61. The van der Waals surface area contributed by atoms with Crippen LogP contribution >= 0.6 is 0 Å². The summed E-state index contributed by atoms with van der Waals surface area (Å²) >= 11 is 0. The molecule has 0 bridgehead atoms. The van der Waals surface area contributed by atoms with E-state index in [1.807, 2.05) is 30.3 Å². The zero-order valence-corrected chi connectivity index (χ0v) is 13.6. The number of piperazine rings is 1. The summed E-state index contributed by atoms with van der Waals surface area (Å²) in [5.41, 5.74) is 6.94. The molecule has 1 saturated heterocycles. The Morgan fingerprint density at radius 1 is 1.04 bits per heavy atom. The lowest BCUT2D eigenvalue weighted by Crippen LogP contribution is -2.56. The minimum atomic E-state index is -0.463. The number of rotatable bonds is 4. The van der Waals surface area contributed by atoms with Gasteiger partial charge in [0.1, 0.15) is 18.9 Å². The first-order valence-electron chi connectivity index (χ1n) is 7.93. The van der Waals surface area contributed by atoms with E-state index in [0.29, 0.717) is 13.0 Å². The van der Waals surface area contributed by atoms with Crippen molar-refractivity contribution in [1.82, 2.24) is 14.8 Å². The smallest absolute Gasteiger partial charge is 0.258 e. The quantitative estimate of drug-likeness (QED) is 0.829. The molecule has 1 aliphatic heterocycles. The fourth-order valence-electron chi connectivity index (χ4n) is 2.74. The number of nitrogens with two attached hydrogens (primary N) is 1. The summed E-state index contributed by atoms with van der Waals surface area (Å²) in [4.78, 5) is 43.4. The van der Waals surface area contributed by atoms with Gasteiger partial charge in [-0.2, -0.15) is 0 Å². The highest BCUT2D eigenvalue weighted by Gasteiger charge is 2.34. The van der Waals surface area contributed by atoms with E-state index in [9.17, 15) is 14.4 Å². The largest absolute Gasteiger partial charge is 0.383 e. The van der Waals surface area contributed by atoms with Crippen LogP contribution in [0.2, 0.25) is 0 Å². The summed E-state index contributed by atoms with van der Waals surface area (Å²) in [6.07, 6.45) is 2.06. The molecule has 3 amide bonds. The molecule has 0 saturated carbocycles. The van der Waals surface area contributed by atoms with Crippen molar-refractivity contribution in [2.75, 3.05) is 25.4 Å². The summed E-state index contributed by atoms with van der Waals surface area (Å²) in [6.45, 7) is 0.0140. The van der Waals surface area contributed by atoms with Crippen LogP contribution in [0.15, 0.2) is 48.7 Å². The first kappa shape index (κ1) is 16.6. The molecule has 2 aromatic rings. The molecule has 7 heteroatoms. The van der Waals surface area contributed by atoms with Crippen molar-refractivity contribution in [3.8, 4) is 0 Å². The molecule has 0 atom stereocenters. The zero-order chi connectivity index (χ0) is 17.8. The number of carbonyl (C=O) groups is 3. The third-order valence-corrected chi connectivity index (χ3v) is 4.08. The molecule has 2 N–H and O–H groups in total. The number of benzene rings is 1. The maximum atomic E-state index is 12.5. The van der Waals surface area contributed by atoms with Crippen LogP contribution in [0.5, 0.6) is 0 Å². The molecule has 128 valence electrons. The molecule has 1 aromatic carbocycles. The van der Waals surface area contributed by atoms with Gasteiger partial charge in [-0.1, -0.05) is 30.3 Å². The Morgan fingerprint density at radius 3 is 2.36 bits per heavy atom. The van der Waals surface area contributed by atoms with Gasteiger partial charge in [0.2, 0.25) is 11.8 Å². The van der Waals surface area contributed by atoms with Crippen molar-refractivity contribution in [2.24, 2.45) is 0 Å². The van der Waals surface area contributed by atoms with Crippen molar-refractivity contribution >= 4 is 23.5 Å². The van der Waals surface area contributed by atoms with E-state index in [0.717, 1.165) is 5.56 Å². The normalized spacial score (nSPS) is 14.7. The highest BCUT2D eigenvalue weighted by atomic mass is 16.2. The van der Waals surface area contributed by atoms with Gasteiger partial charge >= 0.3 is 0 Å². The van der Waals surface area contributed by atoms with E-state index in [-0.39, 0.29) is 36.3 Å². The number of pyridine rings is 1. The molecular weight excluding hydrogens is 320 g/mol. The van der Waals surface area contributed by atoms with Crippen molar-refractivity contribution in [3.63, 3.8) is 0 Å². The van der Waals surface area contributed by atoms with E-state index >= 15 is 0 Å². The second-order valence-electron chi connectivity index (χ2n) is 5.77. The van der Waals surface area contributed by atoms with Gasteiger partial charge in [0.25, 0.3) is 5.91 Å². The minimum Gasteiger partial charge on any atom is -0.383 e. The second kappa shape index (κ2) is 7.12. The Balaban J connectivity index is 1.66. The van der Waals surface area contributed by atoms with Crippen molar-refractivity contribution in [2.45, 2.75) is 6.42 Å².